The maximum absolute atomic E-state index is 12.3. The highest BCUT2D eigenvalue weighted by molar-refractivity contribution is 6.43. The van der Waals surface area contributed by atoms with Crippen LogP contribution in [0.25, 0.3) is 5.82 Å². The SMILES string of the molecule is Cc1nccn1-c1cc(CNC(=O)c2cccc(Cl)c2Cl)ccn1. The van der Waals surface area contributed by atoms with Crippen LogP contribution >= 0.6 is 23.2 Å². The minimum atomic E-state index is -0.278. The fourth-order valence-corrected chi connectivity index (χ4v) is 2.67. The van der Waals surface area contributed by atoms with E-state index in [0.29, 0.717) is 17.1 Å². The number of carbonyl (C=O) groups excluding carboxylic acids is 1. The Kier molecular flexibility index (Phi) is 4.83. The van der Waals surface area contributed by atoms with Crippen molar-refractivity contribution in [2.24, 2.45) is 0 Å². The van der Waals surface area contributed by atoms with Crippen molar-refractivity contribution in [3.05, 3.63) is 75.9 Å². The molecule has 0 saturated carbocycles. The molecule has 0 spiro atoms. The van der Waals surface area contributed by atoms with Crippen LogP contribution in [0.1, 0.15) is 21.7 Å². The molecule has 0 radical (unpaired) electrons. The topological polar surface area (TPSA) is 59.8 Å². The summed E-state index contributed by atoms with van der Waals surface area (Å²) in [5.74, 6) is 1.31. The van der Waals surface area contributed by atoms with Gasteiger partial charge in [-0.1, -0.05) is 29.3 Å². The van der Waals surface area contributed by atoms with Gasteiger partial charge < -0.3 is 5.32 Å². The van der Waals surface area contributed by atoms with Crippen molar-refractivity contribution in [3.8, 4) is 5.82 Å². The predicted molar refractivity (Wildman–Crippen MR) is 93.7 cm³/mol. The number of hydrogen-bond donors (Lipinski definition) is 1. The number of pyridine rings is 1. The molecule has 5 nitrogen and oxygen atoms in total. The van der Waals surface area contributed by atoms with E-state index in [4.69, 9.17) is 23.2 Å². The normalized spacial score (nSPS) is 10.6. The summed E-state index contributed by atoms with van der Waals surface area (Å²) in [6, 6.07) is 8.71. The van der Waals surface area contributed by atoms with E-state index in [2.05, 4.69) is 15.3 Å². The van der Waals surface area contributed by atoms with E-state index in [0.717, 1.165) is 17.2 Å². The molecule has 0 atom stereocenters. The Morgan fingerprint density at radius 1 is 1.21 bits per heavy atom. The number of benzene rings is 1. The average Bonchev–Trinajstić information content (AvgIpc) is 3.01. The van der Waals surface area contributed by atoms with E-state index in [1.807, 2.05) is 29.8 Å². The number of imidazole rings is 1. The average molecular weight is 361 g/mol. The summed E-state index contributed by atoms with van der Waals surface area (Å²) in [4.78, 5) is 20.8. The molecule has 7 heteroatoms. The first kappa shape index (κ1) is 16.5. The Labute approximate surface area is 149 Å². The fraction of sp³-hybridized carbons (Fsp3) is 0.118. The van der Waals surface area contributed by atoms with Gasteiger partial charge in [-0.25, -0.2) is 9.97 Å². The maximum atomic E-state index is 12.3. The molecule has 0 aliphatic rings. The number of aryl methyl sites for hydroxylation is 1. The number of nitrogens with zero attached hydrogens (tertiary/aromatic N) is 3. The first-order chi connectivity index (χ1) is 11.6. The molecule has 2 aromatic heterocycles. The van der Waals surface area contributed by atoms with E-state index in [1.54, 1.807) is 30.6 Å². The molecular weight excluding hydrogens is 347 g/mol. The van der Waals surface area contributed by atoms with Gasteiger partial charge in [-0.15, -0.1) is 0 Å². The number of aromatic nitrogens is 3. The van der Waals surface area contributed by atoms with Crippen molar-refractivity contribution in [1.29, 1.82) is 0 Å². The van der Waals surface area contributed by atoms with Crippen LogP contribution in [0, 0.1) is 6.92 Å². The Morgan fingerprint density at radius 2 is 2.04 bits per heavy atom. The van der Waals surface area contributed by atoms with E-state index < -0.39 is 0 Å². The second-order valence-corrected chi connectivity index (χ2v) is 5.94. The molecule has 0 bridgehead atoms. The third-order valence-electron chi connectivity index (χ3n) is 3.53. The number of nitrogens with one attached hydrogen (secondary N) is 1. The highest BCUT2D eigenvalue weighted by Gasteiger charge is 2.12. The molecule has 1 aromatic carbocycles. The fourth-order valence-electron chi connectivity index (χ4n) is 2.28. The lowest BCUT2D eigenvalue weighted by Gasteiger charge is -2.09. The molecule has 0 fully saturated rings. The molecule has 1 N–H and O–H groups in total. The summed E-state index contributed by atoms with van der Waals surface area (Å²) in [6.45, 7) is 2.25. The molecule has 122 valence electrons. The van der Waals surface area contributed by atoms with Crippen LogP contribution in [-0.2, 0) is 6.54 Å². The van der Waals surface area contributed by atoms with Gasteiger partial charge in [-0.05, 0) is 36.8 Å². The molecule has 3 aromatic rings. The van der Waals surface area contributed by atoms with Gasteiger partial charge >= 0.3 is 0 Å². The lowest BCUT2D eigenvalue weighted by Crippen LogP contribution is -2.23. The lowest BCUT2D eigenvalue weighted by molar-refractivity contribution is 0.0951. The number of amides is 1. The minimum absolute atomic E-state index is 0.251. The summed E-state index contributed by atoms with van der Waals surface area (Å²) in [7, 11) is 0. The largest absolute Gasteiger partial charge is 0.348 e. The van der Waals surface area contributed by atoms with E-state index in [-0.39, 0.29) is 10.9 Å². The third kappa shape index (κ3) is 3.42. The Balaban J connectivity index is 1.74. The van der Waals surface area contributed by atoms with Crippen LogP contribution in [0.5, 0.6) is 0 Å². The molecule has 0 unspecified atom stereocenters. The number of carbonyl (C=O) groups is 1. The Bertz CT molecular complexity index is 892. The van der Waals surface area contributed by atoms with Crippen LogP contribution in [0.2, 0.25) is 10.0 Å². The minimum Gasteiger partial charge on any atom is -0.348 e. The van der Waals surface area contributed by atoms with Crippen molar-refractivity contribution in [2.75, 3.05) is 0 Å². The molecule has 24 heavy (non-hydrogen) atoms. The van der Waals surface area contributed by atoms with Gasteiger partial charge in [0, 0.05) is 25.1 Å². The van der Waals surface area contributed by atoms with Crippen LogP contribution in [0.15, 0.2) is 48.9 Å². The van der Waals surface area contributed by atoms with Crippen molar-refractivity contribution < 1.29 is 4.79 Å². The van der Waals surface area contributed by atoms with Gasteiger partial charge in [-0.2, -0.15) is 0 Å². The van der Waals surface area contributed by atoms with Gasteiger partial charge in [-0.3, -0.25) is 9.36 Å². The lowest BCUT2D eigenvalue weighted by atomic mass is 10.2. The number of halogens is 2. The van der Waals surface area contributed by atoms with Gasteiger partial charge in [0.15, 0.2) is 0 Å². The van der Waals surface area contributed by atoms with E-state index >= 15 is 0 Å². The zero-order valence-electron chi connectivity index (χ0n) is 12.8. The maximum Gasteiger partial charge on any atom is 0.253 e. The Hall–Kier alpha value is -2.37. The summed E-state index contributed by atoms with van der Waals surface area (Å²) >= 11 is 12.0. The van der Waals surface area contributed by atoms with Crippen LogP contribution < -0.4 is 5.32 Å². The van der Waals surface area contributed by atoms with Crippen LogP contribution in [-0.4, -0.2) is 20.4 Å². The number of hydrogen-bond acceptors (Lipinski definition) is 3. The highest BCUT2D eigenvalue weighted by Crippen LogP contribution is 2.25. The molecule has 2 heterocycles. The summed E-state index contributed by atoms with van der Waals surface area (Å²) in [6.07, 6.45) is 5.25. The smallest absolute Gasteiger partial charge is 0.253 e. The van der Waals surface area contributed by atoms with E-state index in [9.17, 15) is 4.79 Å². The molecule has 1 amide bonds. The van der Waals surface area contributed by atoms with Gasteiger partial charge in [0.25, 0.3) is 5.91 Å². The van der Waals surface area contributed by atoms with Crippen molar-refractivity contribution in [1.82, 2.24) is 19.9 Å². The third-order valence-corrected chi connectivity index (χ3v) is 4.35. The first-order valence-electron chi connectivity index (χ1n) is 7.23. The standard InChI is InChI=1S/C17H14Cl2N4O/c1-11-20-7-8-23(11)15-9-12(5-6-21-15)10-22-17(24)13-3-2-4-14(18)16(13)19/h2-9H,10H2,1H3,(H,22,24). The summed E-state index contributed by atoms with van der Waals surface area (Å²) in [5, 5.41) is 3.44. The van der Waals surface area contributed by atoms with Crippen LogP contribution in [0.3, 0.4) is 0 Å². The summed E-state index contributed by atoms with van der Waals surface area (Å²) in [5.41, 5.74) is 1.27. The molecule has 0 saturated heterocycles. The van der Waals surface area contributed by atoms with Crippen molar-refractivity contribution >= 4 is 29.1 Å². The van der Waals surface area contributed by atoms with Gasteiger partial charge in [0.2, 0.25) is 0 Å². The van der Waals surface area contributed by atoms with Crippen molar-refractivity contribution in [3.63, 3.8) is 0 Å². The molecule has 0 aliphatic carbocycles. The quantitative estimate of drug-likeness (QED) is 0.769. The summed E-state index contributed by atoms with van der Waals surface area (Å²) < 4.78 is 1.87. The molecule has 0 aliphatic heterocycles. The zero-order chi connectivity index (χ0) is 17.1. The van der Waals surface area contributed by atoms with Gasteiger partial charge in [0.1, 0.15) is 11.6 Å². The van der Waals surface area contributed by atoms with Gasteiger partial charge in [0.05, 0.1) is 15.6 Å². The second kappa shape index (κ2) is 7.03. The predicted octanol–water partition coefficient (Wildman–Crippen LogP) is 3.81. The molecular formula is C17H14Cl2N4O. The van der Waals surface area contributed by atoms with E-state index in [1.165, 1.54) is 0 Å². The van der Waals surface area contributed by atoms with Crippen LogP contribution in [0.4, 0.5) is 0 Å². The highest BCUT2D eigenvalue weighted by atomic mass is 35.5. The molecule has 3 rings (SSSR count). The Morgan fingerprint density at radius 3 is 2.79 bits per heavy atom. The second-order valence-electron chi connectivity index (χ2n) is 5.15. The first-order valence-corrected chi connectivity index (χ1v) is 7.99. The monoisotopic (exact) mass is 360 g/mol. The number of rotatable bonds is 4. The van der Waals surface area contributed by atoms with Crippen molar-refractivity contribution in [2.45, 2.75) is 13.5 Å². The zero-order valence-corrected chi connectivity index (χ0v) is 14.3.